The Hall–Kier alpha value is 0.550. The molecule has 0 aromatic carbocycles. The molecule has 0 aliphatic heterocycles. The maximum absolute atomic E-state index is 10.3. The van der Waals surface area contributed by atoms with Crippen molar-refractivity contribution in [3.05, 3.63) is 0 Å². The zero-order valence-electron chi connectivity index (χ0n) is 7.19. The Morgan fingerprint density at radius 2 is 1.62 bits per heavy atom. The molecule has 0 heterocycles. The van der Waals surface area contributed by atoms with Crippen LogP contribution in [0, 0.1) is 0 Å². The standard InChI is InChI=1S/C6H14BrO5P/c7-1-2-11-3-4-12-5-6-13(8,9)10/h1-6H2,(H2,8,9,10). The largest absolute Gasteiger partial charge is 0.378 e. The van der Waals surface area contributed by atoms with Gasteiger partial charge in [-0.1, -0.05) is 15.9 Å². The van der Waals surface area contributed by atoms with E-state index in [0.717, 1.165) is 5.33 Å². The summed E-state index contributed by atoms with van der Waals surface area (Å²) in [6.07, 6.45) is -0.231. The lowest BCUT2D eigenvalue weighted by atomic mass is 10.7. The lowest BCUT2D eigenvalue weighted by Crippen LogP contribution is -2.08. The molecule has 0 amide bonds. The molecule has 0 spiro atoms. The zero-order valence-corrected chi connectivity index (χ0v) is 9.67. The highest BCUT2D eigenvalue weighted by molar-refractivity contribution is 9.09. The van der Waals surface area contributed by atoms with Gasteiger partial charge in [0.05, 0.1) is 32.6 Å². The van der Waals surface area contributed by atoms with E-state index in [1.54, 1.807) is 0 Å². The van der Waals surface area contributed by atoms with Gasteiger partial charge >= 0.3 is 7.60 Å². The van der Waals surface area contributed by atoms with E-state index in [-0.39, 0.29) is 12.8 Å². The second-order valence-corrected chi connectivity index (χ2v) is 4.87. The zero-order chi connectivity index (χ0) is 10.2. The van der Waals surface area contributed by atoms with E-state index in [9.17, 15) is 4.57 Å². The number of rotatable bonds is 8. The van der Waals surface area contributed by atoms with Gasteiger partial charge in [0.1, 0.15) is 0 Å². The Morgan fingerprint density at radius 3 is 2.08 bits per heavy atom. The Bertz CT molecular complexity index is 159. The van der Waals surface area contributed by atoms with Crippen molar-refractivity contribution in [2.24, 2.45) is 0 Å². The lowest BCUT2D eigenvalue weighted by Gasteiger charge is -2.05. The van der Waals surface area contributed by atoms with Gasteiger partial charge in [0.15, 0.2) is 0 Å². The quantitative estimate of drug-likeness (QED) is 0.386. The predicted molar refractivity (Wildman–Crippen MR) is 52.3 cm³/mol. The normalized spacial score (nSPS) is 11.9. The average molecular weight is 277 g/mol. The maximum Gasteiger partial charge on any atom is 0.327 e. The summed E-state index contributed by atoms with van der Waals surface area (Å²) in [4.78, 5) is 16.9. The van der Waals surface area contributed by atoms with Crippen LogP contribution in [0.1, 0.15) is 0 Å². The van der Waals surface area contributed by atoms with Crippen molar-refractivity contribution in [2.75, 3.05) is 37.9 Å². The summed E-state index contributed by atoms with van der Waals surface area (Å²) in [5, 5.41) is 0.773. The molecule has 0 aromatic heterocycles. The fourth-order valence-electron chi connectivity index (χ4n) is 0.560. The first kappa shape index (κ1) is 13.5. The molecule has 0 saturated carbocycles. The summed E-state index contributed by atoms with van der Waals surface area (Å²) in [5.41, 5.74) is 0. The highest BCUT2D eigenvalue weighted by Crippen LogP contribution is 2.33. The average Bonchev–Trinajstić information content (AvgIpc) is 2.01. The Kier molecular flexibility index (Phi) is 8.24. The van der Waals surface area contributed by atoms with Crippen LogP contribution in [-0.2, 0) is 14.0 Å². The van der Waals surface area contributed by atoms with E-state index in [4.69, 9.17) is 19.3 Å². The molecule has 0 saturated heterocycles. The van der Waals surface area contributed by atoms with Crippen LogP contribution in [0.25, 0.3) is 0 Å². The van der Waals surface area contributed by atoms with Crippen molar-refractivity contribution in [2.45, 2.75) is 0 Å². The minimum atomic E-state index is -3.90. The second kappa shape index (κ2) is 7.91. The van der Waals surface area contributed by atoms with Crippen LogP contribution in [-0.4, -0.2) is 47.7 Å². The molecule has 7 heteroatoms. The van der Waals surface area contributed by atoms with Gasteiger partial charge < -0.3 is 19.3 Å². The van der Waals surface area contributed by atoms with Gasteiger partial charge in [-0.25, -0.2) is 0 Å². The van der Waals surface area contributed by atoms with Crippen molar-refractivity contribution >= 4 is 23.5 Å². The summed E-state index contributed by atoms with van der Waals surface area (Å²) in [7, 11) is -3.90. The van der Waals surface area contributed by atoms with E-state index in [1.165, 1.54) is 0 Å². The van der Waals surface area contributed by atoms with E-state index >= 15 is 0 Å². The number of halogens is 1. The monoisotopic (exact) mass is 276 g/mol. The number of hydrogen-bond donors (Lipinski definition) is 2. The molecular formula is C6H14BrO5P. The third-order valence-electron chi connectivity index (χ3n) is 1.12. The molecule has 0 rings (SSSR count). The van der Waals surface area contributed by atoms with Crippen molar-refractivity contribution in [1.29, 1.82) is 0 Å². The molecule has 0 aliphatic carbocycles. The van der Waals surface area contributed by atoms with Crippen LogP contribution < -0.4 is 0 Å². The Labute approximate surface area is 85.7 Å². The SMILES string of the molecule is O=P(O)(O)CCOCCOCCBr. The van der Waals surface area contributed by atoms with Gasteiger partial charge in [-0.3, -0.25) is 4.57 Å². The molecule has 0 aromatic rings. The second-order valence-electron chi connectivity index (χ2n) is 2.30. The Balaban J connectivity index is 3.04. The molecule has 2 N–H and O–H groups in total. The minimum Gasteiger partial charge on any atom is -0.378 e. The van der Waals surface area contributed by atoms with E-state index in [2.05, 4.69) is 15.9 Å². The summed E-state index contributed by atoms with van der Waals surface area (Å²) in [5.74, 6) is 0. The van der Waals surface area contributed by atoms with Crippen molar-refractivity contribution in [3.63, 3.8) is 0 Å². The van der Waals surface area contributed by atoms with Gasteiger partial charge in [-0.05, 0) is 0 Å². The number of alkyl halides is 1. The van der Waals surface area contributed by atoms with Crippen LogP contribution in [0.5, 0.6) is 0 Å². The van der Waals surface area contributed by atoms with Crippen LogP contribution in [0.15, 0.2) is 0 Å². The third-order valence-corrected chi connectivity index (χ3v) is 2.21. The fraction of sp³-hybridized carbons (Fsp3) is 1.00. The molecular weight excluding hydrogens is 263 g/mol. The number of hydrogen-bond acceptors (Lipinski definition) is 3. The molecule has 80 valence electrons. The van der Waals surface area contributed by atoms with E-state index < -0.39 is 7.60 Å². The van der Waals surface area contributed by atoms with Crippen LogP contribution in [0.2, 0.25) is 0 Å². The van der Waals surface area contributed by atoms with Crippen LogP contribution in [0.4, 0.5) is 0 Å². The van der Waals surface area contributed by atoms with Crippen LogP contribution in [0.3, 0.4) is 0 Å². The van der Waals surface area contributed by atoms with E-state index in [0.29, 0.717) is 19.8 Å². The first-order chi connectivity index (χ1) is 6.06. The van der Waals surface area contributed by atoms with Crippen molar-refractivity contribution in [3.8, 4) is 0 Å². The van der Waals surface area contributed by atoms with Gasteiger partial charge in [0.2, 0.25) is 0 Å². The summed E-state index contributed by atoms with van der Waals surface area (Å²) < 4.78 is 20.3. The first-order valence-corrected chi connectivity index (χ1v) is 6.74. The highest BCUT2D eigenvalue weighted by atomic mass is 79.9. The molecule has 0 atom stereocenters. The smallest absolute Gasteiger partial charge is 0.327 e. The molecule has 13 heavy (non-hydrogen) atoms. The topological polar surface area (TPSA) is 76.0 Å². The summed E-state index contributed by atoms with van der Waals surface area (Å²) in [6.45, 7) is 1.50. The summed E-state index contributed by atoms with van der Waals surface area (Å²) in [6, 6.07) is 0. The molecule has 0 radical (unpaired) electrons. The van der Waals surface area contributed by atoms with E-state index in [1.807, 2.05) is 0 Å². The number of ether oxygens (including phenoxy) is 2. The van der Waals surface area contributed by atoms with Gasteiger partial charge in [-0.15, -0.1) is 0 Å². The molecule has 0 aliphatic rings. The van der Waals surface area contributed by atoms with Crippen molar-refractivity contribution < 1.29 is 23.8 Å². The third kappa shape index (κ3) is 12.5. The van der Waals surface area contributed by atoms with Crippen molar-refractivity contribution in [1.82, 2.24) is 0 Å². The first-order valence-electron chi connectivity index (χ1n) is 3.82. The fourth-order valence-corrected chi connectivity index (χ4v) is 1.16. The Morgan fingerprint density at radius 1 is 1.08 bits per heavy atom. The summed E-state index contributed by atoms with van der Waals surface area (Å²) >= 11 is 3.19. The van der Waals surface area contributed by atoms with Gasteiger partial charge in [0, 0.05) is 5.33 Å². The minimum absolute atomic E-state index is 0.0714. The predicted octanol–water partition coefficient (Wildman–Crippen LogP) is 0.592. The highest BCUT2D eigenvalue weighted by Gasteiger charge is 2.11. The van der Waals surface area contributed by atoms with Crippen LogP contribution >= 0.6 is 23.5 Å². The molecule has 0 fully saturated rings. The molecule has 5 nitrogen and oxygen atoms in total. The lowest BCUT2D eigenvalue weighted by molar-refractivity contribution is 0.0593. The molecule has 0 bridgehead atoms. The molecule has 0 unspecified atom stereocenters. The van der Waals surface area contributed by atoms with Gasteiger partial charge in [-0.2, -0.15) is 0 Å². The maximum atomic E-state index is 10.3. The van der Waals surface area contributed by atoms with Gasteiger partial charge in [0.25, 0.3) is 0 Å².